The third-order valence-corrected chi connectivity index (χ3v) is 7.53. The molecule has 1 aromatic rings. The number of fused-ring (bicyclic) bond motifs is 5. The van der Waals surface area contributed by atoms with Crippen LogP contribution in [0.5, 0.6) is 0 Å². The summed E-state index contributed by atoms with van der Waals surface area (Å²) >= 11 is 1.59. The molecule has 1 aliphatic heterocycles. The predicted molar refractivity (Wildman–Crippen MR) is 138 cm³/mol. The van der Waals surface area contributed by atoms with E-state index in [0.717, 1.165) is 22.3 Å². The van der Waals surface area contributed by atoms with Crippen LogP contribution in [0.2, 0.25) is 0 Å². The molecule has 1 aromatic carbocycles. The van der Waals surface area contributed by atoms with E-state index in [-0.39, 0.29) is 41.2 Å². The number of ether oxygens (including phenoxy) is 4. The van der Waals surface area contributed by atoms with Crippen molar-refractivity contribution >= 4 is 34.5 Å². The monoisotopic (exact) mass is 500 g/mol. The van der Waals surface area contributed by atoms with Gasteiger partial charge in [0.1, 0.15) is 4.75 Å². The fraction of sp³-hybridized carbons (Fsp3) is 0.571. The normalized spacial score (nSPS) is 22.3. The molecule has 0 radical (unpaired) electrons. The Morgan fingerprint density at radius 1 is 0.829 bits per heavy atom. The van der Waals surface area contributed by atoms with E-state index in [2.05, 4.69) is 0 Å². The molecule has 0 bridgehead atoms. The second kappa shape index (κ2) is 9.94. The van der Waals surface area contributed by atoms with E-state index in [1.807, 2.05) is 85.7 Å². The van der Waals surface area contributed by atoms with Crippen LogP contribution in [-0.2, 0) is 23.7 Å². The van der Waals surface area contributed by atoms with Crippen molar-refractivity contribution in [2.75, 3.05) is 0 Å². The average molecular weight is 501 g/mol. The Labute approximate surface area is 212 Å². The molecule has 0 N–H and O–H groups in total. The molecule has 1 fully saturated rings. The number of allylic oxidation sites excluding steroid dienone is 2. The molecule has 0 amide bonds. The number of hydrogen-bond donors (Lipinski definition) is 0. The zero-order valence-corrected chi connectivity index (χ0v) is 22.6. The van der Waals surface area contributed by atoms with Gasteiger partial charge in [-0.1, -0.05) is 30.4 Å². The van der Waals surface area contributed by atoms with Crippen molar-refractivity contribution in [1.82, 2.24) is 0 Å². The number of rotatable bonds is 12. The number of carbonyl (C=O) groups excluding carboxylic acids is 2. The minimum Gasteiger partial charge on any atom is -0.343 e. The third-order valence-electron chi connectivity index (χ3n) is 5.98. The van der Waals surface area contributed by atoms with Crippen molar-refractivity contribution < 1.29 is 28.5 Å². The fourth-order valence-corrected chi connectivity index (χ4v) is 5.95. The summed E-state index contributed by atoms with van der Waals surface area (Å²) in [7, 11) is 0. The highest BCUT2D eigenvalue weighted by atomic mass is 32.2. The van der Waals surface area contributed by atoms with Gasteiger partial charge >= 0.3 is 0 Å². The highest BCUT2D eigenvalue weighted by molar-refractivity contribution is 8.10. The van der Waals surface area contributed by atoms with Crippen LogP contribution in [0.25, 0.3) is 11.1 Å². The van der Waals surface area contributed by atoms with Crippen molar-refractivity contribution in [2.45, 2.75) is 102 Å². The van der Waals surface area contributed by atoms with Crippen LogP contribution in [-0.4, -0.2) is 58.6 Å². The highest BCUT2D eigenvalue weighted by Gasteiger charge is 2.66. The molecular weight excluding hydrogens is 464 g/mol. The SMILES string of the molecule is CC(C)OC(OC(C)C)C(=O)c1cccc2c1C1=C2C=CC2(C(=O)C(OC(C)C)OC(C)C)SC12. The first-order valence-electron chi connectivity index (χ1n) is 12.4. The van der Waals surface area contributed by atoms with Crippen LogP contribution < -0.4 is 0 Å². The first-order chi connectivity index (χ1) is 16.5. The Kier molecular flexibility index (Phi) is 7.47. The quantitative estimate of drug-likeness (QED) is 0.215. The maximum absolute atomic E-state index is 13.6. The lowest BCUT2D eigenvalue weighted by molar-refractivity contribution is -0.190. The van der Waals surface area contributed by atoms with Crippen LogP contribution in [0.15, 0.2) is 30.4 Å². The van der Waals surface area contributed by atoms with Crippen molar-refractivity contribution in [3.63, 3.8) is 0 Å². The molecular formula is C28H36O6S. The Balaban J connectivity index is 1.62. The van der Waals surface area contributed by atoms with Gasteiger partial charge in [0.2, 0.25) is 24.1 Å². The largest absolute Gasteiger partial charge is 0.343 e. The van der Waals surface area contributed by atoms with E-state index in [0.29, 0.717) is 5.56 Å². The number of thioether (sulfide) groups is 1. The summed E-state index contributed by atoms with van der Waals surface area (Å²) in [5.41, 5.74) is 4.64. The average Bonchev–Trinajstić information content (AvgIpc) is 3.47. The van der Waals surface area contributed by atoms with Gasteiger partial charge < -0.3 is 18.9 Å². The molecule has 190 valence electrons. The topological polar surface area (TPSA) is 71.1 Å². The molecule has 6 nitrogen and oxygen atoms in total. The van der Waals surface area contributed by atoms with Gasteiger partial charge in [0, 0.05) is 5.56 Å². The van der Waals surface area contributed by atoms with E-state index in [1.165, 1.54) is 0 Å². The van der Waals surface area contributed by atoms with Gasteiger partial charge in [-0.15, -0.1) is 11.8 Å². The first-order valence-corrected chi connectivity index (χ1v) is 13.3. The molecule has 35 heavy (non-hydrogen) atoms. The summed E-state index contributed by atoms with van der Waals surface area (Å²) < 4.78 is 22.7. The van der Waals surface area contributed by atoms with Crippen LogP contribution >= 0.6 is 11.8 Å². The Morgan fingerprint density at radius 2 is 1.37 bits per heavy atom. The lowest BCUT2D eigenvalue weighted by Crippen LogP contribution is -2.42. The lowest BCUT2D eigenvalue weighted by Gasteiger charge is -2.33. The molecule has 2 aliphatic carbocycles. The maximum Gasteiger partial charge on any atom is 0.223 e. The summed E-state index contributed by atoms with van der Waals surface area (Å²) in [6, 6.07) is 5.74. The minimum atomic E-state index is -0.980. The summed E-state index contributed by atoms with van der Waals surface area (Å²) in [5.74, 6) is -0.281. The number of benzene rings is 1. The third kappa shape index (κ3) is 4.94. The number of hydrogen-bond acceptors (Lipinski definition) is 7. The Morgan fingerprint density at radius 3 is 1.91 bits per heavy atom. The molecule has 7 heteroatoms. The van der Waals surface area contributed by atoms with E-state index < -0.39 is 17.3 Å². The van der Waals surface area contributed by atoms with Crippen molar-refractivity contribution in [3.8, 4) is 0 Å². The zero-order chi connectivity index (χ0) is 25.7. The molecule has 4 rings (SSSR count). The molecule has 1 saturated heterocycles. The Bertz CT molecular complexity index is 1050. The summed E-state index contributed by atoms with van der Waals surface area (Å²) in [6.45, 7) is 15.1. The van der Waals surface area contributed by atoms with E-state index >= 15 is 0 Å². The van der Waals surface area contributed by atoms with E-state index in [4.69, 9.17) is 18.9 Å². The smallest absolute Gasteiger partial charge is 0.223 e. The first kappa shape index (κ1) is 26.3. The van der Waals surface area contributed by atoms with Gasteiger partial charge in [-0.3, -0.25) is 9.59 Å². The molecule has 0 saturated carbocycles. The molecule has 1 heterocycles. The van der Waals surface area contributed by atoms with Gasteiger partial charge in [-0.2, -0.15) is 0 Å². The van der Waals surface area contributed by atoms with E-state index in [9.17, 15) is 9.59 Å². The van der Waals surface area contributed by atoms with Crippen molar-refractivity contribution in [3.05, 3.63) is 47.0 Å². The summed E-state index contributed by atoms with van der Waals surface area (Å²) in [5, 5.41) is -0.0686. The van der Waals surface area contributed by atoms with Crippen LogP contribution in [0.3, 0.4) is 0 Å². The van der Waals surface area contributed by atoms with Gasteiger partial charge in [-0.25, -0.2) is 0 Å². The number of ketones is 2. The number of carbonyl (C=O) groups is 2. The van der Waals surface area contributed by atoms with Crippen molar-refractivity contribution in [1.29, 1.82) is 0 Å². The lowest BCUT2D eigenvalue weighted by atomic mass is 9.70. The standard InChI is InChI=1S/C28H36O6S/c1-14(2)31-26(32-15(3)4)23(29)20-11-9-10-18-19-12-13-28(25(35-28)22(19)21(18)20)24(30)27(33-16(5)6)34-17(7)8/h9-17,25-27H,1-8H3. The maximum atomic E-state index is 13.6. The zero-order valence-electron chi connectivity index (χ0n) is 21.8. The van der Waals surface area contributed by atoms with Crippen LogP contribution in [0.4, 0.5) is 0 Å². The second-order valence-corrected chi connectivity index (χ2v) is 11.7. The predicted octanol–water partition coefficient (Wildman–Crippen LogP) is 5.44. The molecule has 2 atom stereocenters. The van der Waals surface area contributed by atoms with Crippen molar-refractivity contribution in [2.24, 2.45) is 0 Å². The van der Waals surface area contributed by atoms with Gasteiger partial charge in [-0.05, 0) is 77.7 Å². The Hall–Kier alpha value is -1.77. The molecule has 2 unspecified atom stereocenters. The fourth-order valence-electron chi connectivity index (χ4n) is 4.59. The highest BCUT2D eigenvalue weighted by Crippen LogP contribution is 2.68. The summed E-state index contributed by atoms with van der Waals surface area (Å²) in [6.07, 6.45) is 1.47. The van der Waals surface area contributed by atoms with Gasteiger partial charge in [0.05, 0.1) is 29.7 Å². The van der Waals surface area contributed by atoms with Crippen LogP contribution in [0.1, 0.15) is 76.9 Å². The van der Waals surface area contributed by atoms with Crippen LogP contribution in [0, 0.1) is 0 Å². The van der Waals surface area contributed by atoms with E-state index in [1.54, 1.807) is 11.8 Å². The molecule has 0 spiro atoms. The van der Waals surface area contributed by atoms with Gasteiger partial charge in [0.15, 0.2) is 0 Å². The number of Topliss-reactive ketones (excluding diaryl/α,β-unsaturated/α-hetero) is 2. The molecule has 3 aliphatic rings. The molecule has 0 aromatic heterocycles. The summed E-state index contributed by atoms with van der Waals surface area (Å²) in [4.78, 5) is 27.2. The van der Waals surface area contributed by atoms with Gasteiger partial charge in [0.25, 0.3) is 0 Å². The second-order valence-electron chi connectivity index (χ2n) is 10.3. The minimum absolute atomic E-state index is 0.0686.